The summed E-state index contributed by atoms with van der Waals surface area (Å²) in [6.07, 6.45) is 3.34. The Balaban J connectivity index is 1.71. The van der Waals surface area contributed by atoms with Crippen molar-refractivity contribution in [3.63, 3.8) is 0 Å². The monoisotopic (exact) mass is 390 g/mol. The van der Waals surface area contributed by atoms with Gasteiger partial charge < -0.3 is 19.7 Å². The number of aryl methyl sites for hydroxylation is 1. The first kappa shape index (κ1) is 20.6. The highest BCUT2D eigenvalue weighted by Gasteiger charge is 2.41. The summed E-state index contributed by atoms with van der Waals surface area (Å²) in [5.74, 6) is -1.15. The highest BCUT2D eigenvalue weighted by Crippen LogP contribution is 2.34. The van der Waals surface area contributed by atoms with E-state index in [0.29, 0.717) is 43.8 Å². The van der Waals surface area contributed by atoms with Crippen molar-refractivity contribution in [2.75, 3.05) is 19.7 Å². The molecule has 2 atom stereocenters. The van der Waals surface area contributed by atoms with Crippen molar-refractivity contribution in [3.05, 3.63) is 22.5 Å². The zero-order valence-electron chi connectivity index (χ0n) is 16.9. The average Bonchev–Trinajstić information content (AvgIpc) is 3.26. The fraction of sp³-hybridized carbons (Fsp3) is 0.667. The van der Waals surface area contributed by atoms with Crippen LogP contribution in [0.1, 0.15) is 71.6 Å². The lowest BCUT2D eigenvalue weighted by Gasteiger charge is -2.35. The Morgan fingerprint density at radius 2 is 1.89 bits per heavy atom. The van der Waals surface area contributed by atoms with Crippen LogP contribution in [0, 0.1) is 18.8 Å². The third-order valence-corrected chi connectivity index (χ3v) is 6.10. The molecule has 3 rings (SSSR count). The molecule has 7 nitrogen and oxygen atoms in total. The third kappa shape index (κ3) is 3.85. The number of aromatic amines is 1. The number of rotatable bonds is 6. The number of ether oxygens (including phenoxy) is 1. The molecule has 28 heavy (non-hydrogen) atoms. The van der Waals surface area contributed by atoms with Crippen LogP contribution in [0.25, 0.3) is 0 Å². The Labute approximate surface area is 165 Å². The first-order chi connectivity index (χ1) is 13.3. The number of aromatic nitrogens is 1. The van der Waals surface area contributed by atoms with Crippen LogP contribution < -0.4 is 0 Å². The summed E-state index contributed by atoms with van der Waals surface area (Å²) in [4.78, 5) is 41.6. The quantitative estimate of drug-likeness (QED) is 0.728. The second-order valence-corrected chi connectivity index (χ2v) is 7.98. The van der Waals surface area contributed by atoms with Gasteiger partial charge >= 0.3 is 5.97 Å². The van der Waals surface area contributed by atoms with E-state index < -0.39 is 11.9 Å². The fourth-order valence-corrected chi connectivity index (χ4v) is 4.77. The molecule has 1 amide bonds. The van der Waals surface area contributed by atoms with E-state index in [2.05, 4.69) is 4.98 Å². The second kappa shape index (κ2) is 8.47. The fourth-order valence-electron chi connectivity index (χ4n) is 4.77. The first-order valence-electron chi connectivity index (χ1n) is 10.2. The van der Waals surface area contributed by atoms with E-state index in [9.17, 15) is 19.5 Å². The normalized spacial score (nSPS) is 23.2. The van der Waals surface area contributed by atoms with Crippen molar-refractivity contribution in [1.82, 2.24) is 9.88 Å². The minimum absolute atomic E-state index is 0.0203. The molecule has 2 aliphatic rings. The minimum Gasteiger partial charge on any atom is -0.481 e. The topological polar surface area (TPSA) is 99.7 Å². The number of likely N-dealkylation sites (tertiary alicyclic amines) is 1. The third-order valence-electron chi connectivity index (χ3n) is 6.10. The number of hydrogen-bond acceptors (Lipinski definition) is 4. The lowest BCUT2D eigenvalue weighted by Crippen LogP contribution is -2.43. The molecular weight excluding hydrogens is 360 g/mol. The summed E-state index contributed by atoms with van der Waals surface area (Å²) in [6.45, 7) is 7.06. The van der Waals surface area contributed by atoms with Gasteiger partial charge in [0.2, 0.25) is 0 Å². The maximum absolute atomic E-state index is 13.1. The number of carbonyl (C=O) groups excluding carboxylic acids is 2. The van der Waals surface area contributed by atoms with Gasteiger partial charge in [0.25, 0.3) is 5.91 Å². The molecule has 1 aromatic rings. The molecule has 1 unspecified atom stereocenters. The van der Waals surface area contributed by atoms with Crippen molar-refractivity contribution in [2.45, 2.75) is 59.0 Å². The van der Waals surface area contributed by atoms with Crippen molar-refractivity contribution in [1.29, 1.82) is 0 Å². The van der Waals surface area contributed by atoms with Gasteiger partial charge in [0.15, 0.2) is 5.78 Å². The summed E-state index contributed by atoms with van der Waals surface area (Å²) >= 11 is 0. The Morgan fingerprint density at radius 1 is 1.21 bits per heavy atom. The number of H-pyrrole nitrogens is 1. The predicted molar refractivity (Wildman–Crippen MR) is 104 cm³/mol. The summed E-state index contributed by atoms with van der Waals surface area (Å²) < 4.78 is 5.72. The Bertz CT molecular complexity index is 761. The molecule has 7 heteroatoms. The van der Waals surface area contributed by atoms with Gasteiger partial charge in [0, 0.05) is 31.0 Å². The van der Waals surface area contributed by atoms with E-state index in [1.54, 1.807) is 0 Å². The molecular formula is C21H30N2O5. The number of nitrogens with one attached hydrogen (secondary N) is 1. The van der Waals surface area contributed by atoms with E-state index in [1.165, 1.54) is 6.92 Å². The smallest absolute Gasteiger partial charge is 0.309 e. The number of nitrogens with zero attached hydrogens (tertiary/aromatic N) is 1. The molecule has 1 aromatic heterocycles. The van der Waals surface area contributed by atoms with E-state index in [0.717, 1.165) is 30.5 Å². The number of Topliss-reactive ketones (excluding diaryl/α,β-unsaturated/α-hetero) is 1. The zero-order chi connectivity index (χ0) is 20.4. The SMILES string of the molecule is CCCc1c(C(=O)N2CCC([C@@H]3OCCC3C(=O)O)CC2)[nH]c(C)c1C(C)=O. The van der Waals surface area contributed by atoms with Crippen LogP contribution in [0.5, 0.6) is 0 Å². The molecule has 2 aliphatic heterocycles. The van der Waals surface area contributed by atoms with Crippen LogP contribution in [0.4, 0.5) is 0 Å². The van der Waals surface area contributed by atoms with E-state index in [-0.39, 0.29) is 23.7 Å². The number of carboxylic acids is 1. The Morgan fingerprint density at radius 3 is 2.46 bits per heavy atom. The van der Waals surface area contributed by atoms with Crippen LogP contribution in [0.15, 0.2) is 0 Å². The lowest BCUT2D eigenvalue weighted by molar-refractivity contribution is -0.145. The van der Waals surface area contributed by atoms with Crippen molar-refractivity contribution in [3.8, 4) is 0 Å². The van der Waals surface area contributed by atoms with Gasteiger partial charge in [-0.15, -0.1) is 0 Å². The molecule has 0 aliphatic carbocycles. The number of piperidine rings is 1. The van der Waals surface area contributed by atoms with Gasteiger partial charge in [-0.3, -0.25) is 14.4 Å². The van der Waals surface area contributed by atoms with Crippen LogP contribution in [0.3, 0.4) is 0 Å². The van der Waals surface area contributed by atoms with Gasteiger partial charge in [-0.1, -0.05) is 13.3 Å². The molecule has 2 saturated heterocycles. The lowest BCUT2D eigenvalue weighted by atomic mass is 9.84. The van der Waals surface area contributed by atoms with Gasteiger partial charge in [-0.05, 0) is 51.0 Å². The van der Waals surface area contributed by atoms with E-state index in [1.807, 2.05) is 18.7 Å². The molecule has 2 fully saturated rings. The Hall–Kier alpha value is -2.15. The summed E-state index contributed by atoms with van der Waals surface area (Å²) in [6, 6.07) is 0. The van der Waals surface area contributed by atoms with Gasteiger partial charge in [0.1, 0.15) is 5.69 Å². The highest BCUT2D eigenvalue weighted by atomic mass is 16.5. The number of amides is 1. The van der Waals surface area contributed by atoms with Crippen LogP contribution >= 0.6 is 0 Å². The zero-order valence-corrected chi connectivity index (χ0v) is 16.9. The van der Waals surface area contributed by atoms with Gasteiger partial charge in [-0.2, -0.15) is 0 Å². The molecule has 0 radical (unpaired) electrons. The molecule has 0 spiro atoms. The second-order valence-electron chi connectivity index (χ2n) is 7.98. The number of carbonyl (C=O) groups is 3. The molecule has 154 valence electrons. The van der Waals surface area contributed by atoms with Crippen molar-refractivity contribution in [2.24, 2.45) is 11.8 Å². The van der Waals surface area contributed by atoms with Gasteiger partial charge in [0.05, 0.1) is 12.0 Å². The van der Waals surface area contributed by atoms with Crippen LogP contribution in [-0.4, -0.2) is 58.5 Å². The first-order valence-corrected chi connectivity index (χ1v) is 10.2. The average molecular weight is 390 g/mol. The summed E-state index contributed by atoms with van der Waals surface area (Å²) in [5, 5.41) is 9.38. The number of aliphatic carboxylic acids is 1. The summed E-state index contributed by atoms with van der Waals surface area (Å²) in [7, 11) is 0. The molecule has 2 N–H and O–H groups in total. The number of hydrogen-bond donors (Lipinski definition) is 2. The Kier molecular flexibility index (Phi) is 6.23. The molecule has 3 heterocycles. The van der Waals surface area contributed by atoms with Crippen molar-refractivity contribution < 1.29 is 24.2 Å². The molecule has 0 bridgehead atoms. The van der Waals surface area contributed by atoms with Crippen molar-refractivity contribution >= 4 is 17.7 Å². The maximum atomic E-state index is 13.1. The molecule has 0 aromatic carbocycles. The van der Waals surface area contributed by atoms with Crippen LogP contribution in [-0.2, 0) is 16.0 Å². The van der Waals surface area contributed by atoms with E-state index in [4.69, 9.17) is 4.74 Å². The van der Waals surface area contributed by atoms with Gasteiger partial charge in [-0.25, -0.2) is 0 Å². The summed E-state index contributed by atoms with van der Waals surface area (Å²) in [5.41, 5.74) is 2.75. The van der Waals surface area contributed by atoms with Crippen LogP contribution in [0.2, 0.25) is 0 Å². The minimum atomic E-state index is -0.788. The predicted octanol–water partition coefficient (Wildman–Crippen LogP) is 2.82. The molecule has 0 saturated carbocycles. The standard InChI is InChI=1S/C21H30N2O5/c1-4-5-15-17(13(3)24)12(2)22-18(15)20(25)23-9-6-14(7-10-23)19-16(21(26)27)8-11-28-19/h14,16,19,22H,4-11H2,1-3H3,(H,26,27)/t16?,19-/m0/s1. The largest absolute Gasteiger partial charge is 0.481 e. The highest BCUT2D eigenvalue weighted by molar-refractivity contribution is 6.02. The number of carboxylic acid groups (broad SMARTS) is 1. The number of ketones is 1. The van der Waals surface area contributed by atoms with E-state index >= 15 is 0 Å². The maximum Gasteiger partial charge on any atom is 0.309 e.